The molecule has 1 unspecified atom stereocenters. The number of rotatable bonds is 3. The minimum atomic E-state index is -0.237. The first kappa shape index (κ1) is 18.0. The van der Waals surface area contributed by atoms with Crippen LogP contribution in [0.3, 0.4) is 0 Å². The normalized spacial score (nSPS) is 19.3. The molecule has 1 atom stereocenters. The summed E-state index contributed by atoms with van der Waals surface area (Å²) in [6, 6.07) is 8.08. The number of hydrogen-bond donors (Lipinski definition) is 0. The highest BCUT2D eigenvalue weighted by atomic mass is 32.2. The van der Waals surface area contributed by atoms with Crippen LogP contribution in [-0.2, 0) is 4.79 Å². The summed E-state index contributed by atoms with van der Waals surface area (Å²) in [5.41, 5.74) is 1.19. The SMILES string of the molecule is Cc1cc(=O)n2c(n1)SCC2CC(=O)N1CCN(c2ccccc2F)CC1. The smallest absolute Gasteiger partial charge is 0.254 e. The first-order chi connectivity index (χ1) is 13.0. The Morgan fingerprint density at radius 3 is 2.74 bits per heavy atom. The molecule has 6 nitrogen and oxygen atoms in total. The van der Waals surface area contributed by atoms with Crippen molar-refractivity contribution in [1.82, 2.24) is 14.5 Å². The number of piperazine rings is 1. The molecule has 0 N–H and O–H groups in total. The van der Waals surface area contributed by atoms with E-state index in [2.05, 4.69) is 4.98 Å². The number of anilines is 1. The largest absolute Gasteiger partial charge is 0.366 e. The van der Waals surface area contributed by atoms with E-state index in [4.69, 9.17) is 0 Å². The first-order valence-electron chi connectivity index (χ1n) is 9.03. The van der Waals surface area contributed by atoms with E-state index in [0.717, 1.165) is 0 Å². The van der Waals surface area contributed by atoms with Crippen LogP contribution in [0.2, 0.25) is 0 Å². The molecule has 8 heteroatoms. The van der Waals surface area contributed by atoms with Crippen LogP contribution in [0.5, 0.6) is 0 Å². The van der Waals surface area contributed by atoms with Crippen LogP contribution in [0.1, 0.15) is 18.2 Å². The van der Waals surface area contributed by atoms with Crippen LogP contribution in [0.4, 0.5) is 10.1 Å². The minimum absolute atomic E-state index is 0.0362. The van der Waals surface area contributed by atoms with Crippen molar-refractivity contribution < 1.29 is 9.18 Å². The molecule has 1 saturated heterocycles. The Kier molecular flexibility index (Phi) is 4.90. The molecule has 0 bridgehead atoms. The summed E-state index contributed by atoms with van der Waals surface area (Å²) < 4.78 is 15.6. The maximum absolute atomic E-state index is 13.9. The monoisotopic (exact) mass is 388 g/mol. The number of benzene rings is 1. The molecule has 2 aliphatic rings. The Labute approximate surface area is 161 Å². The summed E-state index contributed by atoms with van der Waals surface area (Å²) in [6.07, 6.45) is 0.296. The number of para-hydroxylation sites is 1. The number of hydrogen-bond acceptors (Lipinski definition) is 5. The van der Waals surface area contributed by atoms with Crippen LogP contribution in [-0.4, -0.2) is 52.3 Å². The summed E-state index contributed by atoms with van der Waals surface area (Å²) >= 11 is 1.52. The minimum Gasteiger partial charge on any atom is -0.366 e. The van der Waals surface area contributed by atoms with Gasteiger partial charge in [0.25, 0.3) is 5.56 Å². The third kappa shape index (κ3) is 3.58. The summed E-state index contributed by atoms with van der Waals surface area (Å²) in [5.74, 6) is 0.486. The lowest BCUT2D eigenvalue weighted by Gasteiger charge is -2.36. The molecular formula is C19H21FN4O2S. The van der Waals surface area contributed by atoms with Gasteiger partial charge in [-0.05, 0) is 19.1 Å². The lowest BCUT2D eigenvalue weighted by atomic mass is 10.1. The fourth-order valence-corrected chi connectivity index (χ4v) is 4.84. The molecule has 2 aliphatic heterocycles. The van der Waals surface area contributed by atoms with Crippen LogP contribution in [0, 0.1) is 12.7 Å². The molecule has 3 heterocycles. The lowest BCUT2D eigenvalue weighted by Crippen LogP contribution is -2.49. The summed E-state index contributed by atoms with van der Waals surface area (Å²) in [4.78, 5) is 33.2. The highest BCUT2D eigenvalue weighted by Gasteiger charge is 2.30. The van der Waals surface area contributed by atoms with Gasteiger partial charge in [0.05, 0.1) is 11.7 Å². The Hall–Kier alpha value is -2.35. The maximum atomic E-state index is 13.9. The maximum Gasteiger partial charge on any atom is 0.254 e. The molecule has 4 rings (SSSR count). The van der Waals surface area contributed by atoms with E-state index in [-0.39, 0.29) is 23.3 Å². The zero-order valence-electron chi connectivity index (χ0n) is 15.1. The van der Waals surface area contributed by atoms with E-state index < -0.39 is 0 Å². The van der Waals surface area contributed by atoms with Gasteiger partial charge in [-0.25, -0.2) is 9.37 Å². The van der Waals surface area contributed by atoms with Crippen molar-refractivity contribution in [2.75, 3.05) is 36.8 Å². The third-order valence-electron chi connectivity index (χ3n) is 5.05. The Morgan fingerprint density at radius 2 is 2.00 bits per heavy atom. The number of amides is 1. The van der Waals surface area contributed by atoms with Gasteiger partial charge < -0.3 is 9.80 Å². The Balaban J connectivity index is 1.39. The second-order valence-corrected chi connectivity index (χ2v) is 7.86. The van der Waals surface area contributed by atoms with Gasteiger partial charge in [-0.15, -0.1) is 0 Å². The molecule has 1 aromatic heterocycles. The zero-order valence-corrected chi connectivity index (χ0v) is 15.9. The average Bonchev–Trinajstić information content (AvgIpc) is 3.05. The Morgan fingerprint density at radius 1 is 1.26 bits per heavy atom. The van der Waals surface area contributed by atoms with Crippen LogP contribution < -0.4 is 10.5 Å². The van der Waals surface area contributed by atoms with E-state index in [1.54, 1.807) is 23.6 Å². The number of aryl methyl sites for hydroxylation is 1. The summed E-state index contributed by atoms with van der Waals surface area (Å²) in [5, 5.41) is 0.696. The standard InChI is InChI=1S/C19H21FN4O2S/c1-13-10-18(26)24-14(12-27-19(24)21-13)11-17(25)23-8-6-22(7-9-23)16-5-3-2-4-15(16)20/h2-5,10,14H,6-9,11-12H2,1H3. The molecule has 0 radical (unpaired) electrons. The highest BCUT2D eigenvalue weighted by molar-refractivity contribution is 7.99. The number of nitrogens with zero attached hydrogens (tertiary/aromatic N) is 4. The van der Waals surface area contributed by atoms with Crippen molar-refractivity contribution in [3.63, 3.8) is 0 Å². The molecule has 0 aliphatic carbocycles. The lowest BCUT2D eigenvalue weighted by molar-refractivity contribution is -0.132. The number of carbonyl (C=O) groups excluding carboxylic acids is 1. The van der Waals surface area contributed by atoms with Gasteiger partial charge in [-0.2, -0.15) is 0 Å². The van der Waals surface area contributed by atoms with Crippen LogP contribution >= 0.6 is 11.8 Å². The molecule has 1 fully saturated rings. The molecule has 27 heavy (non-hydrogen) atoms. The highest BCUT2D eigenvalue weighted by Crippen LogP contribution is 2.32. The van der Waals surface area contributed by atoms with Gasteiger partial charge >= 0.3 is 0 Å². The number of carbonyl (C=O) groups is 1. The number of halogens is 1. The van der Waals surface area contributed by atoms with Crippen molar-refractivity contribution in [2.45, 2.75) is 24.5 Å². The van der Waals surface area contributed by atoms with Crippen molar-refractivity contribution in [2.24, 2.45) is 0 Å². The van der Waals surface area contributed by atoms with Gasteiger partial charge in [-0.1, -0.05) is 23.9 Å². The predicted octanol–water partition coefficient (Wildman–Crippen LogP) is 2.08. The fraction of sp³-hybridized carbons (Fsp3) is 0.421. The van der Waals surface area contributed by atoms with Crippen LogP contribution in [0.25, 0.3) is 0 Å². The van der Waals surface area contributed by atoms with Gasteiger partial charge in [0.1, 0.15) is 5.82 Å². The van der Waals surface area contributed by atoms with E-state index >= 15 is 0 Å². The van der Waals surface area contributed by atoms with E-state index in [0.29, 0.717) is 54.9 Å². The topological polar surface area (TPSA) is 58.4 Å². The molecule has 0 spiro atoms. The van der Waals surface area contributed by atoms with Crippen molar-refractivity contribution >= 4 is 23.4 Å². The zero-order chi connectivity index (χ0) is 19.0. The summed E-state index contributed by atoms with van der Waals surface area (Å²) in [6.45, 7) is 4.12. The first-order valence-corrected chi connectivity index (χ1v) is 10.0. The molecule has 142 valence electrons. The fourth-order valence-electron chi connectivity index (χ4n) is 3.65. The quantitative estimate of drug-likeness (QED) is 0.754. The number of fused-ring (bicyclic) bond motifs is 1. The van der Waals surface area contributed by atoms with E-state index in [1.165, 1.54) is 23.9 Å². The molecule has 1 aromatic carbocycles. The van der Waals surface area contributed by atoms with Crippen molar-refractivity contribution in [1.29, 1.82) is 0 Å². The third-order valence-corrected chi connectivity index (χ3v) is 6.15. The molecule has 2 aromatic rings. The number of thioether (sulfide) groups is 1. The second kappa shape index (κ2) is 7.34. The second-order valence-electron chi connectivity index (χ2n) is 6.88. The van der Waals surface area contributed by atoms with Gasteiger partial charge in [-0.3, -0.25) is 14.2 Å². The predicted molar refractivity (Wildman–Crippen MR) is 103 cm³/mol. The van der Waals surface area contributed by atoms with E-state index in [1.807, 2.05) is 15.9 Å². The molecular weight excluding hydrogens is 367 g/mol. The summed E-state index contributed by atoms with van der Waals surface area (Å²) in [7, 11) is 0. The van der Waals surface area contributed by atoms with Crippen molar-refractivity contribution in [3.05, 3.63) is 52.2 Å². The van der Waals surface area contributed by atoms with Crippen molar-refractivity contribution in [3.8, 4) is 0 Å². The van der Waals surface area contributed by atoms with Gasteiger partial charge in [0, 0.05) is 50.1 Å². The van der Waals surface area contributed by atoms with Gasteiger partial charge in [0.15, 0.2) is 5.16 Å². The van der Waals surface area contributed by atoms with E-state index in [9.17, 15) is 14.0 Å². The average molecular weight is 388 g/mol. The molecule has 0 saturated carbocycles. The number of aromatic nitrogens is 2. The molecule has 1 amide bonds. The van der Waals surface area contributed by atoms with Gasteiger partial charge in [0.2, 0.25) is 5.91 Å². The Bertz CT molecular complexity index is 924. The van der Waals surface area contributed by atoms with Crippen LogP contribution in [0.15, 0.2) is 40.3 Å².